The molecule has 0 unspecified atom stereocenters. The van der Waals surface area contributed by atoms with Gasteiger partial charge >= 0.3 is 5.97 Å². The number of hydrogen-bond donors (Lipinski definition) is 0. The molecule has 2 aliphatic rings. The van der Waals surface area contributed by atoms with Crippen LogP contribution in [0.1, 0.15) is 24.9 Å². The van der Waals surface area contributed by atoms with E-state index in [1.165, 1.54) is 18.9 Å². The summed E-state index contributed by atoms with van der Waals surface area (Å²) in [6, 6.07) is 6.56. The zero-order valence-electron chi connectivity index (χ0n) is 14.5. The molecule has 3 rings (SSSR count). The molecule has 26 heavy (non-hydrogen) atoms. The molecule has 1 aromatic rings. The van der Waals surface area contributed by atoms with Crippen molar-refractivity contribution in [3.05, 3.63) is 46.1 Å². The summed E-state index contributed by atoms with van der Waals surface area (Å²) < 4.78 is 10.3. The van der Waals surface area contributed by atoms with E-state index in [1.807, 2.05) is 6.07 Å². The lowest BCUT2D eigenvalue weighted by molar-refractivity contribution is -0.141. The van der Waals surface area contributed by atoms with Crippen LogP contribution in [0.5, 0.6) is 0 Å². The van der Waals surface area contributed by atoms with Crippen molar-refractivity contribution in [2.45, 2.75) is 19.4 Å². The fraction of sp³-hybridized carbons (Fsp3) is 0.389. The molecule has 0 bridgehead atoms. The van der Waals surface area contributed by atoms with Crippen LogP contribution in [0.3, 0.4) is 0 Å². The number of carbonyl (C=O) groups is 2. The van der Waals surface area contributed by atoms with Crippen molar-refractivity contribution < 1.29 is 19.1 Å². The highest BCUT2D eigenvalue weighted by Gasteiger charge is 2.41. The van der Waals surface area contributed by atoms with Crippen molar-refractivity contribution in [1.29, 1.82) is 0 Å². The number of hydrogen-bond acceptors (Lipinski definition) is 6. The third-order valence-electron chi connectivity index (χ3n) is 4.11. The normalized spacial score (nSPS) is 20.0. The fourth-order valence-corrected chi connectivity index (χ4v) is 4.15. The van der Waals surface area contributed by atoms with Crippen LogP contribution in [0.4, 0.5) is 0 Å². The topological polar surface area (TPSA) is 68.2 Å². The van der Waals surface area contributed by atoms with Crippen LogP contribution in [0, 0.1) is 0 Å². The van der Waals surface area contributed by atoms with Gasteiger partial charge in [0.15, 0.2) is 5.17 Å². The maximum atomic E-state index is 12.8. The van der Waals surface area contributed by atoms with Crippen molar-refractivity contribution >= 4 is 40.4 Å². The number of carbonyl (C=O) groups excluding carboxylic acids is 2. The standard InChI is InChI=1S/C18H19ClN2O4S/c1-11-15(17(23)25-8-7-24-2)16(12-4-3-5-13(19)10-12)21-14(22)6-9-26-18(21)20-11/h3-5,10,16H,6-9H2,1-2H3/t16-/m1/s1. The summed E-state index contributed by atoms with van der Waals surface area (Å²) in [5.41, 5.74) is 1.65. The first-order chi connectivity index (χ1) is 12.5. The molecular weight excluding hydrogens is 376 g/mol. The van der Waals surface area contributed by atoms with Gasteiger partial charge in [0.05, 0.1) is 23.9 Å². The summed E-state index contributed by atoms with van der Waals surface area (Å²) in [5.74, 6) is 0.106. The van der Waals surface area contributed by atoms with Gasteiger partial charge in [-0.25, -0.2) is 9.79 Å². The number of amidine groups is 1. The summed E-state index contributed by atoms with van der Waals surface area (Å²) in [6.07, 6.45) is 0.395. The quantitative estimate of drug-likeness (QED) is 0.566. The number of allylic oxidation sites excluding steroid dienone is 1. The molecule has 1 aromatic carbocycles. The minimum absolute atomic E-state index is 0.0674. The zero-order chi connectivity index (χ0) is 18.7. The molecule has 2 heterocycles. The molecule has 2 aliphatic heterocycles. The SMILES string of the molecule is COCCOC(=O)C1=C(C)N=C2SCCC(=O)N2[C@@H]1c1cccc(Cl)c1. The summed E-state index contributed by atoms with van der Waals surface area (Å²) in [7, 11) is 1.54. The van der Waals surface area contributed by atoms with Crippen LogP contribution in [0.25, 0.3) is 0 Å². The summed E-state index contributed by atoms with van der Waals surface area (Å²) in [4.78, 5) is 31.5. The van der Waals surface area contributed by atoms with E-state index in [4.69, 9.17) is 21.1 Å². The molecule has 0 aliphatic carbocycles. The van der Waals surface area contributed by atoms with E-state index in [9.17, 15) is 9.59 Å². The van der Waals surface area contributed by atoms with E-state index in [0.717, 1.165) is 5.56 Å². The maximum Gasteiger partial charge on any atom is 0.338 e. The van der Waals surface area contributed by atoms with Crippen LogP contribution in [0.15, 0.2) is 40.5 Å². The number of halogens is 1. The van der Waals surface area contributed by atoms with Crippen molar-refractivity contribution in [2.24, 2.45) is 4.99 Å². The number of benzene rings is 1. The number of esters is 1. The Hall–Kier alpha value is -1.83. The van der Waals surface area contributed by atoms with Gasteiger partial charge in [-0.2, -0.15) is 0 Å². The van der Waals surface area contributed by atoms with E-state index >= 15 is 0 Å². The second-order valence-corrected chi connectivity index (χ2v) is 7.34. The van der Waals surface area contributed by atoms with Crippen molar-refractivity contribution in [3.8, 4) is 0 Å². The third kappa shape index (κ3) is 3.79. The lowest BCUT2D eigenvalue weighted by Crippen LogP contribution is -2.45. The van der Waals surface area contributed by atoms with E-state index in [0.29, 0.717) is 40.2 Å². The summed E-state index contributed by atoms with van der Waals surface area (Å²) >= 11 is 7.66. The highest BCUT2D eigenvalue weighted by Crippen LogP contribution is 2.40. The Morgan fingerprint density at radius 1 is 1.42 bits per heavy atom. The molecular formula is C18H19ClN2O4S. The Labute approximate surface area is 161 Å². The van der Waals surface area contributed by atoms with Crippen LogP contribution in [0.2, 0.25) is 5.02 Å². The maximum absolute atomic E-state index is 12.8. The molecule has 1 amide bonds. The summed E-state index contributed by atoms with van der Waals surface area (Å²) in [5, 5.41) is 1.14. The Morgan fingerprint density at radius 2 is 2.23 bits per heavy atom. The molecule has 1 atom stereocenters. The van der Waals surface area contributed by atoms with Gasteiger partial charge in [0.1, 0.15) is 6.61 Å². The number of methoxy groups -OCH3 is 1. The van der Waals surface area contributed by atoms with Crippen LogP contribution < -0.4 is 0 Å². The predicted molar refractivity (Wildman–Crippen MR) is 101 cm³/mol. The lowest BCUT2D eigenvalue weighted by atomic mass is 9.94. The first kappa shape index (κ1) is 18.9. The van der Waals surface area contributed by atoms with E-state index in [-0.39, 0.29) is 12.5 Å². The summed E-state index contributed by atoms with van der Waals surface area (Å²) in [6.45, 7) is 2.19. The largest absolute Gasteiger partial charge is 0.460 e. The van der Waals surface area contributed by atoms with Crippen molar-refractivity contribution in [2.75, 3.05) is 26.1 Å². The molecule has 1 saturated heterocycles. The van der Waals surface area contributed by atoms with Gasteiger partial charge in [-0.3, -0.25) is 9.69 Å². The van der Waals surface area contributed by atoms with Gasteiger partial charge < -0.3 is 9.47 Å². The number of amides is 1. The smallest absolute Gasteiger partial charge is 0.338 e. The predicted octanol–water partition coefficient (Wildman–Crippen LogP) is 3.18. The molecule has 0 N–H and O–H groups in total. The molecule has 0 aromatic heterocycles. The molecule has 6 nitrogen and oxygen atoms in total. The Morgan fingerprint density at radius 3 is 2.96 bits per heavy atom. The van der Waals surface area contributed by atoms with E-state index in [1.54, 1.807) is 30.0 Å². The lowest BCUT2D eigenvalue weighted by Gasteiger charge is -2.38. The average Bonchev–Trinajstić information content (AvgIpc) is 2.61. The van der Waals surface area contributed by atoms with Gasteiger partial charge in [0.2, 0.25) is 5.91 Å². The number of nitrogens with zero attached hydrogens (tertiary/aromatic N) is 2. The first-order valence-corrected chi connectivity index (χ1v) is 9.55. The van der Waals surface area contributed by atoms with Gasteiger partial charge in [-0.05, 0) is 24.6 Å². The minimum atomic E-state index is -0.600. The monoisotopic (exact) mass is 394 g/mol. The fourth-order valence-electron chi connectivity index (χ4n) is 2.94. The number of fused-ring (bicyclic) bond motifs is 1. The first-order valence-electron chi connectivity index (χ1n) is 8.18. The number of rotatable bonds is 5. The van der Waals surface area contributed by atoms with Crippen LogP contribution >= 0.6 is 23.4 Å². The number of aliphatic imine (C=N–C) groups is 1. The Balaban J connectivity index is 2.05. The number of thioether (sulfide) groups is 1. The highest BCUT2D eigenvalue weighted by molar-refractivity contribution is 8.14. The van der Waals surface area contributed by atoms with Crippen LogP contribution in [-0.2, 0) is 19.1 Å². The minimum Gasteiger partial charge on any atom is -0.460 e. The molecule has 0 radical (unpaired) electrons. The Kier molecular flexibility index (Phi) is 6.01. The van der Waals surface area contributed by atoms with Gasteiger partial charge in [-0.15, -0.1) is 0 Å². The molecule has 1 fully saturated rings. The third-order valence-corrected chi connectivity index (χ3v) is 5.30. The van der Waals surface area contributed by atoms with E-state index in [2.05, 4.69) is 4.99 Å². The highest BCUT2D eigenvalue weighted by atomic mass is 35.5. The molecule has 0 saturated carbocycles. The van der Waals surface area contributed by atoms with Crippen LogP contribution in [-0.4, -0.2) is 48.0 Å². The van der Waals surface area contributed by atoms with Gasteiger partial charge in [0.25, 0.3) is 0 Å². The van der Waals surface area contributed by atoms with Crippen molar-refractivity contribution in [1.82, 2.24) is 4.90 Å². The number of ether oxygens (including phenoxy) is 2. The zero-order valence-corrected chi connectivity index (χ0v) is 16.1. The molecule has 0 spiro atoms. The van der Waals surface area contributed by atoms with Gasteiger partial charge in [-0.1, -0.05) is 35.5 Å². The molecule has 138 valence electrons. The van der Waals surface area contributed by atoms with Crippen molar-refractivity contribution in [3.63, 3.8) is 0 Å². The average molecular weight is 395 g/mol. The second-order valence-electron chi connectivity index (χ2n) is 5.84. The van der Waals surface area contributed by atoms with E-state index < -0.39 is 12.0 Å². The second kappa shape index (κ2) is 8.24. The molecule has 8 heteroatoms. The Bertz CT molecular complexity index is 793. The van der Waals surface area contributed by atoms with Gasteiger partial charge in [0, 0.05) is 24.3 Å².